The Kier molecular flexibility index (Phi) is 6.55. The van der Waals surface area contributed by atoms with E-state index in [-0.39, 0.29) is 12.0 Å². The second-order valence-electron chi connectivity index (χ2n) is 5.33. The summed E-state index contributed by atoms with van der Waals surface area (Å²) in [6, 6.07) is 0. The van der Waals surface area contributed by atoms with Crippen molar-refractivity contribution in [3.63, 3.8) is 0 Å². The summed E-state index contributed by atoms with van der Waals surface area (Å²) in [6.07, 6.45) is 3.36. The molecule has 7 heteroatoms. The quantitative estimate of drug-likeness (QED) is 0.548. The fourth-order valence-electron chi connectivity index (χ4n) is 2.23. The number of amides is 1. The molecule has 0 radical (unpaired) electrons. The molecule has 1 amide bonds. The van der Waals surface area contributed by atoms with E-state index in [2.05, 4.69) is 10.2 Å². The third-order valence-electron chi connectivity index (χ3n) is 3.40. The Balaban J connectivity index is 2.12. The van der Waals surface area contributed by atoms with Crippen LogP contribution in [0.15, 0.2) is 0 Å². The number of carbonyl (C=O) groups excluding carboxylic acids is 1. The fourth-order valence-corrected chi connectivity index (χ4v) is 2.23. The van der Waals surface area contributed by atoms with E-state index < -0.39 is 5.09 Å². The number of rotatable bonds is 7. The third kappa shape index (κ3) is 6.95. The van der Waals surface area contributed by atoms with Crippen LogP contribution in [-0.2, 0) is 9.63 Å². The highest BCUT2D eigenvalue weighted by atomic mass is 17.0. The molecule has 0 unspecified atom stereocenters. The summed E-state index contributed by atoms with van der Waals surface area (Å²) >= 11 is 0. The van der Waals surface area contributed by atoms with Crippen molar-refractivity contribution in [3.8, 4) is 0 Å². The van der Waals surface area contributed by atoms with Crippen LogP contribution in [0.25, 0.3) is 0 Å². The minimum Gasteiger partial charge on any atom is -0.356 e. The van der Waals surface area contributed by atoms with E-state index in [4.69, 9.17) is 0 Å². The lowest BCUT2D eigenvalue weighted by Crippen LogP contribution is -2.34. The summed E-state index contributed by atoms with van der Waals surface area (Å²) in [4.78, 5) is 28.3. The SMILES string of the molecule is CN(C)CCC(=O)NCC1CCC(O[N+](=O)[O-])CC1. The van der Waals surface area contributed by atoms with Crippen LogP contribution in [0.5, 0.6) is 0 Å². The summed E-state index contributed by atoms with van der Waals surface area (Å²) in [5.41, 5.74) is 0. The van der Waals surface area contributed by atoms with Gasteiger partial charge < -0.3 is 15.1 Å². The van der Waals surface area contributed by atoms with Crippen LogP contribution >= 0.6 is 0 Å². The van der Waals surface area contributed by atoms with Gasteiger partial charge in [-0.05, 0) is 45.7 Å². The van der Waals surface area contributed by atoms with Crippen LogP contribution in [0.4, 0.5) is 0 Å². The van der Waals surface area contributed by atoms with Crippen LogP contribution in [0.2, 0.25) is 0 Å². The van der Waals surface area contributed by atoms with Crippen LogP contribution in [0.1, 0.15) is 32.1 Å². The highest BCUT2D eigenvalue weighted by molar-refractivity contribution is 5.76. The number of carbonyl (C=O) groups is 1. The van der Waals surface area contributed by atoms with Gasteiger partial charge in [-0.25, -0.2) is 0 Å². The van der Waals surface area contributed by atoms with Crippen LogP contribution in [0.3, 0.4) is 0 Å². The van der Waals surface area contributed by atoms with E-state index in [1.165, 1.54) is 0 Å². The zero-order valence-electron chi connectivity index (χ0n) is 11.6. The molecule has 110 valence electrons. The zero-order valence-corrected chi connectivity index (χ0v) is 11.6. The van der Waals surface area contributed by atoms with Gasteiger partial charge in [0.25, 0.3) is 5.09 Å². The molecule has 0 saturated heterocycles. The summed E-state index contributed by atoms with van der Waals surface area (Å²) < 4.78 is 0. The minimum absolute atomic E-state index is 0.0670. The Morgan fingerprint density at radius 3 is 2.53 bits per heavy atom. The molecule has 1 saturated carbocycles. The Morgan fingerprint density at radius 2 is 2.00 bits per heavy atom. The predicted molar refractivity (Wildman–Crippen MR) is 70.0 cm³/mol. The second kappa shape index (κ2) is 7.93. The van der Waals surface area contributed by atoms with Gasteiger partial charge in [0.2, 0.25) is 5.91 Å². The molecule has 0 spiro atoms. The molecule has 1 aliphatic carbocycles. The largest absolute Gasteiger partial charge is 0.356 e. The molecule has 1 aliphatic rings. The number of hydrogen-bond donors (Lipinski definition) is 1. The first kappa shape index (κ1) is 15.7. The third-order valence-corrected chi connectivity index (χ3v) is 3.40. The number of nitrogens with zero attached hydrogens (tertiary/aromatic N) is 2. The van der Waals surface area contributed by atoms with Gasteiger partial charge >= 0.3 is 0 Å². The van der Waals surface area contributed by atoms with Crippen molar-refractivity contribution < 1.29 is 14.7 Å². The minimum atomic E-state index is -0.714. The van der Waals surface area contributed by atoms with Crippen molar-refractivity contribution in [3.05, 3.63) is 10.1 Å². The highest BCUT2D eigenvalue weighted by Crippen LogP contribution is 2.25. The van der Waals surface area contributed by atoms with Gasteiger partial charge in [-0.1, -0.05) is 0 Å². The summed E-state index contributed by atoms with van der Waals surface area (Å²) in [6.45, 7) is 1.41. The molecule has 1 fully saturated rings. The van der Waals surface area contributed by atoms with Crippen molar-refractivity contribution in [1.29, 1.82) is 0 Å². The van der Waals surface area contributed by atoms with Crippen LogP contribution in [-0.4, -0.2) is 49.2 Å². The first-order valence-electron chi connectivity index (χ1n) is 6.70. The van der Waals surface area contributed by atoms with E-state index in [0.717, 1.165) is 19.4 Å². The predicted octanol–water partition coefficient (Wildman–Crippen LogP) is 0.821. The summed E-state index contributed by atoms with van der Waals surface area (Å²) in [5.74, 6) is 0.479. The Bertz CT molecular complexity index is 301. The topological polar surface area (TPSA) is 84.7 Å². The molecule has 0 aliphatic heterocycles. The average Bonchev–Trinajstić information content (AvgIpc) is 2.35. The van der Waals surface area contributed by atoms with E-state index in [1.54, 1.807) is 0 Å². The van der Waals surface area contributed by atoms with Crippen molar-refractivity contribution in [2.75, 3.05) is 27.2 Å². The molecular weight excluding hydrogens is 250 g/mol. The molecule has 0 bridgehead atoms. The fraction of sp³-hybridized carbons (Fsp3) is 0.917. The van der Waals surface area contributed by atoms with Crippen molar-refractivity contribution in [1.82, 2.24) is 10.2 Å². The molecule has 1 rings (SSSR count). The molecular formula is C12H23N3O4. The van der Waals surface area contributed by atoms with Gasteiger partial charge in [0.15, 0.2) is 0 Å². The lowest BCUT2D eigenvalue weighted by atomic mass is 9.87. The molecule has 0 aromatic heterocycles. The van der Waals surface area contributed by atoms with Crippen molar-refractivity contribution in [2.24, 2.45) is 5.92 Å². The molecule has 0 aromatic carbocycles. The van der Waals surface area contributed by atoms with E-state index in [9.17, 15) is 14.9 Å². The molecule has 0 aromatic rings. The second-order valence-corrected chi connectivity index (χ2v) is 5.33. The first-order chi connectivity index (χ1) is 8.97. The zero-order chi connectivity index (χ0) is 14.3. The van der Waals surface area contributed by atoms with Gasteiger partial charge in [0, 0.05) is 19.5 Å². The summed E-state index contributed by atoms with van der Waals surface area (Å²) in [5, 5.41) is 12.4. The first-order valence-corrected chi connectivity index (χ1v) is 6.70. The lowest BCUT2D eigenvalue weighted by molar-refractivity contribution is -0.769. The maximum atomic E-state index is 11.5. The monoisotopic (exact) mass is 273 g/mol. The van der Waals surface area contributed by atoms with Crippen LogP contribution < -0.4 is 5.32 Å². The molecule has 0 atom stereocenters. The van der Waals surface area contributed by atoms with Gasteiger partial charge in [0.05, 0.1) is 0 Å². The van der Waals surface area contributed by atoms with Gasteiger partial charge in [0.1, 0.15) is 6.10 Å². The smallest absolute Gasteiger partial charge is 0.294 e. The molecule has 19 heavy (non-hydrogen) atoms. The van der Waals surface area contributed by atoms with Crippen molar-refractivity contribution in [2.45, 2.75) is 38.2 Å². The maximum absolute atomic E-state index is 11.5. The lowest BCUT2D eigenvalue weighted by Gasteiger charge is -2.27. The van der Waals surface area contributed by atoms with Gasteiger partial charge in [-0.2, -0.15) is 0 Å². The molecule has 0 heterocycles. The van der Waals surface area contributed by atoms with E-state index >= 15 is 0 Å². The Hall–Kier alpha value is -1.37. The molecule has 1 N–H and O–H groups in total. The highest BCUT2D eigenvalue weighted by Gasteiger charge is 2.23. The Morgan fingerprint density at radius 1 is 1.37 bits per heavy atom. The maximum Gasteiger partial charge on any atom is 0.294 e. The Labute approximate surface area is 113 Å². The number of hydrogen-bond acceptors (Lipinski definition) is 5. The van der Waals surface area contributed by atoms with E-state index in [0.29, 0.717) is 31.7 Å². The van der Waals surface area contributed by atoms with Crippen molar-refractivity contribution >= 4 is 5.91 Å². The average molecular weight is 273 g/mol. The van der Waals surface area contributed by atoms with Gasteiger partial charge in [-0.15, -0.1) is 10.1 Å². The normalized spacial score (nSPS) is 23.1. The van der Waals surface area contributed by atoms with Gasteiger partial charge in [-0.3, -0.25) is 4.79 Å². The standard InChI is InChI=1S/C12H23N3O4/c1-14(2)8-7-12(16)13-9-10-3-5-11(6-4-10)19-15(17)18/h10-11H,3-9H2,1-2H3,(H,13,16). The summed E-state index contributed by atoms with van der Waals surface area (Å²) in [7, 11) is 3.87. The van der Waals surface area contributed by atoms with Crippen LogP contribution in [0, 0.1) is 16.0 Å². The van der Waals surface area contributed by atoms with E-state index in [1.807, 2.05) is 19.0 Å². The molecule has 7 nitrogen and oxygen atoms in total. The number of nitrogens with one attached hydrogen (secondary N) is 1.